The molecule has 0 heterocycles. The van der Waals surface area contributed by atoms with Gasteiger partial charge in [-0.05, 0) is 24.6 Å². The summed E-state index contributed by atoms with van der Waals surface area (Å²) < 4.78 is 0. The topological polar surface area (TPSA) is 79.5 Å². The van der Waals surface area contributed by atoms with E-state index < -0.39 is 0 Å². The Balaban J connectivity index is 0.00000324. The van der Waals surface area contributed by atoms with Crippen LogP contribution in [0, 0.1) is 19.3 Å². The molecule has 0 radical (unpaired) electrons. The van der Waals surface area contributed by atoms with Crippen molar-refractivity contribution in [2.24, 2.45) is 10.7 Å². The van der Waals surface area contributed by atoms with Crippen LogP contribution in [0.3, 0.4) is 0 Å². The maximum Gasteiger partial charge on any atom is 0.242 e. The molecule has 0 aliphatic rings. The first-order valence-corrected chi connectivity index (χ1v) is 5.45. The van der Waals surface area contributed by atoms with E-state index >= 15 is 0 Å². The summed E-state index contributed by atoms with van der Waals surface area (Å²) in [4.78, 5) is 15.1. The summed E-state index contributed by atoms with van der Waals surface area (Å²) in [5, 5.41) is 5.40. The monoisotopic (exact) mass is 372 g/mol. The number of aliphatic imine (C=N–C) groups is 1. The van der Waals surface area contributed by atoms with Gasteiger partial charge in [0.2, 0.25) is 5.91 Å². The van der Waals surface area contributed by atoms with Gasteiger partial charge in [-0.15, -0.1) is 30.4 Å². The largest absolute Gasteiger partial charge is 0.370 e. The van der Waals surface area contributed by atoms with E-state index in [4.69, 9.17) is 12.2 Å². The van der Waals surface area contributed by atoms with E-state index in [0.29, 0.717) is 0 Å². The molecular weight excluding hydrogens is 355 g/mol. The fourth-order valence-electron chi connectivity index (χ4n) is 1.27. The van der Waals surface area contributed by atoms with Gasteiger partial charge in [0.1, 0.15) is 6.54 Å². The van der Waals surface area contributed by atoms with Crippen LogP contribution in [-0.4, -0.2) is 25.0 Å². The summed E-state index contributed by atoms with van der Waals surface area (Å²) in [5.41, 5.74) is 7.60. The maximum absolute atomic E-state index is 11.2. The minimum Gasteiger partial charge on any atom is -0.370 e. The fraction of sp³-hybridized carbons (Fsp3) is 0.231. The lowest BCUT2D eigenvalue weighted by molar-refractivity contribution is -0.119. The summed E-state index contributed by atoms with van der Waals surface area (Å²) in [5.74, 6) is 2.23. The van der Waals surface area contributed by atoms with E-state index in [-0.39, 0.29) is 48.9 Å². The van der Waals surface area contributed by atoms with Crippen LogP contribution in [0.15, 0.2) is 29.3 Å². The quantitative estimate of drug-likeness (QED) is 0.320. The maximum atomic E-state index is 11.2. The van der Waals surface area contributed by atoms with Gasteiger partial charge < -0.3 is 16.4 Å². The van der Waals surface area contributed by atoms with E-state index in [0.717, 1.165) is 11.3 Å². The lowest BCUT2D eigenvalue weighted by Crippen LogP contribution is -2.29. The molecule has 1 aromatic rings. The zero-order valence-electron chi connectivity index (χ0n) is 10.6. The van der Waals surface area contributed by atoms with Gasteiger partial charge in [0, 0.05) is 5.69 Å². The second-order valence-electron chi connectivity index (χ2n) is 3.68. The average molecular weight is 372 g/mol. The average Bonchev–Trinajstić information content (AvgIpc) is 2.34. The van der Waals surface area contributed by atoms with Crippen LogP contribution >= 0.6 is 24.0 Å². The molecule has 0 aliphatic heterocycles. The number of nitrogens with two attached hydrogens (primary N) is 1. The Morgan fingerprint density at radius 3 is 2.89 bits per heavy atom. The highest BCUT2D eigenvalue weighted by Gasteiger charge is 1.99. The molecule has 19 heavy (non-hydrogen) atoms. The first-order chi connectivity index (χ1) is 8.61. The predicted molar refractivity (Wildman–Crippen MR) is 88.5 cm³/mol. The van der Waals surface area contributed by atoms with Crippen LogP contribution in [0.25, 0.3) is 0 Å². The van der Waals surface area contributed by atoms with Crippen molar-refractivity contribution in [1.29, 1.82) is 0 Å². The first-order valence-electron chi connectivity index (χ1n) is 5.45. The number of anilines is 1. The van der Waals surface area contributed by atoms with Crippen molar-refractivity contribution < 1.29 is 4.79 Å². The van der Waals surface area contributed by atoms with E-state index in [1.165, 1.54) is 0 Å². The minimum atomic E-state index is -0.262. The molecule has 0 unspecified atom stereocenters. The third-order valence-corrected chi connectivity index (χ3v) is 2.07. The van der Waals surface area contributed by atoms with Crippen molar-refractivity contribution in [3.63, 3.8) is 0 Å². The van der Waals surface area contributed by atoms with Crippen molar-refractivity contribution in [2.45, 2.75) is 6.92 Å². The molecule has 0 saturated carbocycles. The van der Waals surface area contributed by atoms with Crippen LogP contribution < -0.4 is 16.4 Å². The van der Waals surface area contributed by atoms with Crippen molar-refractivity contribution in [3.05, 3.63) is 29.8 Å². The number of halogens is 1. The van der Waals surface area contributed by atoms with Crippen molar-refractivity contribution in [2.75, 3.05) is 18.4 Å². The van der Waals surface area contributed by atoms with Gasteiger partial charge in [-0.25, -0.2) is 4.99 Å². The SMILES string of the molecule is C#CCNC(=O)CN=C(N)Nc1cccc(C)c1.I. The Morgan fingerprint density at radius 1 is 1.53 bits per heavy atom. The molecule has 4 N–H and O–H groups in total. The van der Waals surface area contributed by atoms with Crippen molar-refractivity contribution >= 4 is 41.5 Å². The third-order valence-electron chi connectivity index (χ3n) is 2.07. The molecule has 6 heteroatoms. The molecule has 0 bridgehead atoms. The molecule has 1 rings (SSSR count). The van der Waals surface area contributed by atoms with Crippen LogP contribution in [0.5, 0.6) is 0 Å². The van der Waals surface area contributed by atoms with E-state index in [9.17, 15) is 4.79 Å². The molecule has 102 valence electrons. The van der Waals surface area contributed by atoms with E-state index in [1.54, 1.807) is 0 Å². The number of rotatable bonds is 4. The van der Waals surface area contributed by atoms with Gasteiger partial charge in [-0.2, -0.15) is 0 Å². The first kappa shape index (κ1) is 17.2. The van der Waals surface area contributed by atoms with Crippen molar-refractivity contribution in [1.82, 2.24) is 5.32 Å². The summed E-state index contributed by atoms with van der Waals surface area (Å²) in [6, 6.07) is 7.69. The van der Waals surface area contributed by atoms with E-state index in [1.807, 2.05) is 31.2 Å². The normalized spacial score (nSPS) is 10.0. The van der Waals surface area contributed by atoms with Gasteiger partial charge in [0.05, 0.1) is 6.54 Å². The van der Waals surface area contributed by atoms with Crippen molar-refractivity contribution in [3.8, 4) is 12.3 Å². The second kappa shape index (κ2) is 9.22. The second-order valence-corrected chi connectivity index (χ2v) is 3.68. The van der Waals surface area contributed by atoms with Crippen LogP contribution in [-0.2, 0) is 4.79 Å². The van der Waals surface area contributed by atoms with Gasteiger partial charge in [0.15, 0.2) is 5.96 Å². The van der Waals surface area contributed by atoms with E-state index in [2.05, 4.69) is 21.5 Å². The third kappa shape index (κ3) is 7.31. The number of amides is 1. The molecule has 0 spiro atoms. The predicted octanol–water partition coefficient (Wildman–Crippen LogP) is 1.09. The Kier molecular flexibility index (Phi) is 8.37. The molecule has 0 saturated heterocycles. The zero-order chi connectivity index (χ0) is 13.4. The molecule has 5 nitrogen and oxygen atoms in total. The number of nitrogens with one attached hydrogen (secondary N) is 2. The number of hydrogen-bond donors (Lipinski definition) is 3. The highest BCUT2D eigenvalue weighted by molar-refractivity contribution is 14.0. The molecule has 0 atom stereocenters. The molecule has 1 aromatic carbocycles. The minimum absolute atomic E-state index is 0. The Bertz CT molecular complexity index is 494. The van der Waals surface area contributed by atoms with Crippen LogP contribution in [0.1, 0.15) is 5.56 Å². The molecule has 0 aliphatic carbocycles. The highest BCUT2D eigenvalue weighted by atomic mass is 127. The van der Waals surface area contributed by atoms with Gasteiger partial charge in [-0.1, -0.05) is 18.1 Å². The Morgan fingerprint density at radius 2 is 2.26 bits per heavy atom. The number of terminal acetylenes is 1. The number of guanidine groups is 1. The Hall–Kier alpha value is -1.75. The standard InChI is InChI=1S/C13H16N4O.HI/c1-3-7-15-12(18)9-16-13(14)17-11-6-4-5-10(2)8-11;/h1,4-6,8H,7,9H2,2H3,(H,15,18)(H3,14,16,17);1H. The van der Waals surface area contributed by atoms with Crippen LogP contribution in [0.4, 0.5) is 5.69 Å². The Labute approximate surface area is 130 Å². The zero-order valence-corrected chi connectivity index (χ0v) is 13.0. The molecule has 1 amide bonds. The number of benzene rings is 1. The molecular formula is C13H17IN4O. The summed E-state index contributed by atoms with van der Waals surface area (Å²) in [6.07, 6.45) is 5.01. The van der Waals surface area contributed by atoms with Crippen LogP contribution in [0.2, 0.25) is 0 Å². The lowest BCUT2D eigenvalue weighted by atomic mass is 10.2. The number of carbonyl (C=O) groups excluding carboxylic acids is 1. The highest BCUT2D eigenvalue weighted by Crippen LogP contribution is 2.08. The van der Waals surface area contributed by atoms with Gasteiger partial charge in [0.25, 0.3) is 0 Å². The number of carbonyl (C=O) groups is 1. The number of aryl methyl sites for hydroxylation is 1. The fourth-order valence-corrected chi connectivity index (χ4v) is 1.27. The molecule has 0 aromatic heterocycles. The van der Waals surface area contributed by atoms with Gasteiger partial charge in [-0.3, -0.25) is 4.79 Å². The van der Waals surface area contributed by atoms with Gasteiger partial charge >= 0.3 is 0 Å². The summed E-state index contributed by atoms with van der Waals surface area (Å²) in [7, 11) is 0. The lowest BCUT2D eigenvalue weighted by Gasteiger charge is -2.06. The number of hydrogen-bond acceptors (Lipinski definition) is 2. The summed E-state index contributed by atoms with van der Waals surface area (Å²) >= 11 is 0. The smallest absolute Gasteiger partial charge is 0.242 e. The number of nitrogens with zero attached hydrogens (tertiary/aromatic N) is 1. The summed E-state index contributed by atoms with van der Waals surface area (Å²) in [6.45, 7) is 2.12. The molecule has 0 fully saturated rings.